The van der Waals surface area contributed by atoms with Gasteiger partial charge in [0.25, 0.3) is 0 Å². The summed E-state index contributed by atoms with van der Waals surface area (Å²) in [5, 5.41) is 19.3. The predicted octanol–water partition coefficient (Wildman–Crippen LogP) is 4.09. The van der Waals surface area contributed by atoms with Crippen LogP contribution in [0, 0.1) is 0 Å². The molecule has 0 spiro atoms. The van der Waals surface area contributed by atoms with E-state index in [0.717, 1.165) is 19.3 Å². The normalized spacial score (nSPS) is 10.9. The molecule has 0 fully saturated rings. The second kappa shape index (κ2) is 10.4. The molecule has 1 heterocycles. The van der Waals surface area contributed by atoms with E-state index in [4.69, 9.17) is 19.0 Å². The Bertz CT molecular complexity index is 810. The van der Waals surface area contributed by atoms with Crippen molar-refractivity contribution < 1.29 is 28.9 Å². The molecule has 2 N–H and O–H groups in total. The summed E-state index contributed by atoms with van der Waals surface area (Å²) in [6, 6.07) is 4.55. The molecule has 7 nitrogen and oxygen atoms in total. The highest BCUT2D eigenvalue weighted by Crippen LogP contribution is 2.33. The van der Waals surface area contributed by atoms with E-state index in [1.807, 2.05) is 0 Å². The molecule has 2 aromatic rings. The van der Waals surface area contributed by atoms with Crippen molar-refractivity contribution in [3.63, 3.8) is 0 Å². The van der Waals surface area contributed by atoms with Gasteiger partial charge in [0.1, 0.15) is 11.3 Å². The van der Waals surface area contributed by atoms with Gasteiger partial charge in [-0.05, 0) is 18.6 Å². The minimum atomic E-state index is -0.966. The Kier molecular flexibility index (Phi) is 7.98. The average molecular weight is 378 g/mol. The maximum atomic E-state index is 12.1. The number of benzene rings is 1. The Morgan fingerprint density at radius 2 is 1.81 bits per heavy atom. The molecule has 0 aliphatic rings. The summed E-state index contributed by atoms with van der Waals surface area (Å²) in [5.41, 5.74) is -0.606. The van der Waals surface area contributed by atoms with Crippen LogP contribution < -0.4 is 15.1 Å². The highest BCUT2D eigenvalue weighted by Gasteiger charge is 2.16. The number of carboxylic acids is 1. The van der Waals surface area contributed by atoms with Crippen LogP contribution in [0.1, 0.15) is 51.9 Å². The largest absolute Gasteiger partial charge is 0.504 e. The van der Waals surface area contributed by atoms with Gasteiger partial charge in [0.05, 0.1) is 25.0 Å². The number of aromatic hydroxyl groups is 1. The first-order chi connectivity index (χ1) is 13.0. The Balaban J connectivity index is 2.00. The number of fused-ring (bicyclic) bond motifs is 1. The molecule has 0 saturated carbocycles. The van der Waals surface area contributed by atoms with Gasteiger partial charge in [-0.1, -0.05) is 39.0 Å². The van der Waals surface area contributed by atoms with Crippen molar-refractivity contribution in [1.29, 1.82) is 0 Å². The lowest BCUT2D eigenvalue weighted by Gasteiger charge is -2.10. The topological polar surface area (TPSA) is 106 Å². The Hall–Kier alpha value is -2.70. The summed E-state index contributed by atoms with van der Waals surface area (Å²) in [6.45, 7) is 2.50. The average Bonchev–Trinajstić information content (AvgIpc) is 2.62. The molecule has 2 rings (SSSR count). The van der Waals surface area contributed by atoms with Gasteiger partial charge in [-0.15, -0.1) is 0 Å². The van der Waals surface area contributed by atoms with Crippen molar-refractivity contribution in [2.75, 3.05) is 13.2 Å². The van der Waals surface area contributed by atoms with Crippen LogP contribution in [0.5, 0.6) is 17.2 Å². The van der Waals surface area contributed by atoms with E-state index < -0.39 is 11.6 Å². The summed E-state index contributed by atoms with van der Waals surface area (Å²) in [4.78, 5) is 22.6. The third kappa shape index (κ3) is 6.20. The molecule has 1 aromatic carbocycles. The first-order valence-corrected chi connectivity index (χ1v) is 9.30. The van der Waals surface area contributed by atoms with Crippen LogP contribution in [0.25, 0.3) is 11.0 Å². The lowest BCUT2D eigenvalue weighted by Crippen LogP contribution is -2.09. The van der Waals surface area contributed by atoms with Gasteiger partial charge in [0.15, 0.2) is 5.75 Å². The van der Waals surface area contributed by atoms with Crippen molar-refractivity contribution in [3.8, 4) is 17.2 Å². The number of hydrogen-bond donors (Lipinski definition) is 2. The molecule has 0 aliphatic carbocycles. The van der Waals surface area contributed by atoms with Crippen LogP contribution in [0.4, 0.5) is 0 Å². The number of aliphatic carboxylic acids is 1. The van der Waals surface area contributed by atoms with Crippen LogP contribution in [0.3, 0.4) is 0 Å². The van der Waals surface area contributed by atoms with Crippen molar-refractivity contribution >= 4 is 16.9 Å². The molecule has 1 aromatic heterocycles. The molecular formula is C20H26O7. The zero-order valence-corrected chi connectivity index (χ0v) is 15.5. The smallest absolute Gasteiger partial charge is 0.383 e. The Labute approximate surface area is 157 Å². The molecule has 0 saturated heterocycles. The van der Waals surface area contributed by atoms with Crippen molar-refractivity contribution in [2.24, 2.45) is 0 Å². The number of ether oxygens (including phenoxy) is 2. The summed E-state index contributed by atoms with van der Waals surface area (Å²) >= 11 is 0. The minimum absolute atomic E-state index is 0.00347. The molecule has 0 amide bonds. The summed E-state index contributed by atoms with van der Waals surface area (Å²) in [6.07, 6.45) is 6.40. The monoisotopic (exact) mass is 378 g/mol. The van der Waals surface area contributed by atoms with Gasteiger partial charge in [-0.2, -0.15) is 0 Å². The van der Waals surface area contributed by atoms with Crippen molar-refractivity contribution in [2.45, 2.75) is 51.9 Å². The maximum Gasteiger partial charge on any atom is 0.383 e. The van der Waals surface area contributed by atoms with Crippen LogP contribution in [-0.4, -0.2) is 29.4 Å². The molecular weight excluding hydrogens is 352 g/mol. The van der Waals surface area contributed by atoms with Gasteiger partial charge in [-0.3, -0.25) is 4.79 Å². The fraction of sp³-hybridized carbons (Fsp3) is 0.500. The zero-order chi connectivity index (χ0) is 19.6. The van der Waals surface area contributed by atoms with E-state index in [9.17, 15) is 14.7 Å². The highest BCUT2D eigenvalue weighted by molar-refractivity contribution is 5.86. The lowest BCUT2D eigenvalue weighted by atomic mass is 10.1. The molecule has 27 heavy (non-hydrogen) atoms. The number of unbranched alkanes of at least 4 members (excludes halogenated alkanes) is 5. The van der Waals surface area contributed by atoms with Gasteiger partial charge in [-0.25, -0.2) is 4.79 Å². The van der Waals surface area contributed by atoms with Crippen LogP contribution in [0.15, 0.2) is 27.4 Å². The van der Waals surface area contributed by atoms with E-state index in [1.165, 1.54) is 25.3 Å². The SMILES string of the molecule is CCCCCCCCOc1c(O)c2ccc(OCCC(=O)O)cc2oc1=O. The summed E-state index contributed by atoms with van der Waals surface area (Å²) < 4.78 is 16.0. The molecule has 148 valence electrons. The molecule has 0 radical (unpaired) electrons. The third-order valence-electron chi connectivity index (χ3n) is 4.14. The lowest BCUT2D eigenvalue weighted by molar-refractivity contribution is -0.137. The summed E-state index contributed by atoms with van der Waals surface area (Å²) in [5.74, 6) is -1.06. The maximum absolute atomic E-state index is 12.1. The molecule has 0 aliphatic heterocycles. The van der Waals surface area contributed by atoms with E-state index in [1.54, 1.807) is 12.1 Å². The van der Waals surface area contributed by atoms with Gasteiger partial charge < -0.3 is 24.1 Å². The fourth-order valence-electron chi connectivity index (χ4n) is 2.68. The molecule has 7 heteroatoms. The molecule has 0 unspecified atom stereocenters. The van der Waals surface area contributed by atoms with Gasteiger partial charge >= 0.3 is 11.6 Å². The summed E-state index contributed by atoms with van der Waals surface area (Å²) in [7, 11) is 0. The van der Waals surface area contributed by atoms with Crippen molar-refractivity contribution in [1.82, 2.24) is 0 Å². The van der Waals surface area contributed by atoms with Crippen LogP contribution in [-0.2, 0) is 4.79 Å². The number of hydrogen-bond acceptors (Lipinski definition) is 6. The fourth-order valence-corrected chi connectivity index (χ4v) is 2.68. The standard InChI is InChI=1S/C20H26O7/c1-2-3-4-5-6-7-11-26-19-18(23)15-9-8-14(25-12-10-17(21)22)13-16(15)27-20(19)24/h8-9,13,23H,2-7,10-12H2,1H3,(H,21,22). The predicted molar refractivity (Wildman–Crippen MR) is 101 cm³/mol. The minimum Gasteiger partial charge on any atom is -0.504 e. The molecule has 0 bridgehead atoms. The Morgan fingerprint density at radius 3 is 2.56 bits per heavy atom. The second-order valence-electron chi connectivity index (χ2n) is 6.33. The van der Waals surface area contributed by atoms with Gasteiger partial charge in [0.2, 0.25) is 5.75 Å². The molecule has 0 atom stereocenters. The third-order valence-corrected chi connectivity index (χ3v) is 4.14. The van der Waals surface area contributed by atoms with E-state index in [0.29, 0.717) is 17.7 Å². The number of carboxylic acid groups (broad SMARTS) is 1. The Morgan fingerprint density at radius 1 is 1.07 bits per heavy atom. The zero-order valence-electron chi connectivity index (χ0n) is 15.5. The van der Waals surface area contributed by atoms with E-state index in [-0.39, 0.29) is 30.1 Å². The van der Waals surface area contributed by atoms with Gasteiger partial charge in [0, 0.05) is 6.07 Å². The highest BCUT2D eigenvalue weighted by atomic mass is 16.5. The second-order valence-corrected chi connectivity index (χ2v) is 6.33. The quantitative estimate of drug-likeness (QED) is 0.423. The van der Waals surface area contributed by atoms with E-state index >= 15 is 0 Å². The van der Waals surface area contributed by atoms with Crippen molar-refractivity contribution in [3.05, 3.63) is 28.6 Å². The van der Waals surface area contributed by atoms with Crippen LogP contribution in [0.2, 0.25) is 0 Å². The number of rotatable bonds is 12. The first kappa shape index (κ1) is 20.6. The number of carbonyl (C=O) groups is 1. The van der Waals surface area contributed by atoms with Crippen LogP contribution >= 0.6 is 0 Å². The first-order valence-electron chi connectivity index (χ1n) is 9.30. The van der Waals surface area contributed by atoms with E-state index in [2.05, 4.69) is 6.92 Å².